The van der Waals surface area contributed by atoms with Crippen LogP contribution in [0, 0.1) is 5.92 Å². The first kappa shape index (κ1) is 14.5. The van der Waals surface area contributed by atoms with E-state index in [-0.39, 0.29) is 23.8 Å². The van der Waals surface area contributed by atoms with Crippen LogP contribution >= 0.6 is 0 Å². The summed E-state index contributed by atoms with van der Waals surface area (Å²) in [5.74, 6) is 0.282. The fourth-order valence-corrected chi connectivity index (χ4v) is 1.77. The number of carbonyl (C=O) groups is 2. The molecule has 5 heteroatoms. The van der Waals surface area contributed by atoms with Crippen molar-refractivity contribution in [3.8, 4) is 0 Å². The lowest BCUT2D eigenvalue weighted by Gasteiger charge is -2.11. The summed E-state index contributed by atoms with van der Waals surface area (Å²) in [6.07, 6.45) is 2.00. The lowest BCUT2D eigenvalue weighted by atomic mass is 10.2. The molecule has 1 aliphatic rings. The van der Waals surface area contributed by atoms with Crippen LogP contribution in [-0.2, 0) is 16.1 Å². The molecule has 0 radical (unpaired) electrons. The number of likely N-dealkylation sites (N-methyl/N-ethyl adjacent to an activating group) is 1. The van der Waals surface area contributed by atoms with Crippen LogP contribution in [0.2, 0.25) is 0 Å². The van der Waals surface area contributed by atoms with Crippen LogP contribution in [-0.4, -0.2) is 24.9 Å². The van der Waals surface area contributed by atoms with Crippen molar-refractivity contribution >= 4 is 17.5 Å². The van der Waals surface area contributed by atoms with Crippen LogP contribution in [0.1, 0.15) is 25.3 Å². The number of hydrogen-bond acceptors (Lipinski definition) is 3. The van der Waals surface area contributed by atoms with Gasteiger partial charge in [0.1, 0.15) is 0 Å². The molecule has 5 nitrogen and oxygen atoms in total. The molecule has 3 N–H and O–H groups in total. The minimum Gasteiger partial charge on any atom is -0.351 e. The first-order chi connectivity index (χ1) is 9.60. The third-order valence-corrected chi connectivity index (χ3v) is 3.46. The molecule has 0 bridgehead atoms. The Bertz CT molecular complexity index is 480. The van der Waals surface area contributed by atoms with Crippen molar-refractivity contribution in [1.29, 1.82) is 0 Å². The van der Waals surface area contributed by atoms with E-state index in [4.69, 9.17) is 0 Å². The van der Waals surface area contributed by atoms with Gasteiger partial charge in [-0.05, 0) is 44.5 Å². The smallest absolute Gasteiger partial charge is 0.237 e. The summed E-state index contributed by atoms with van der Waals surface area (Å²) in [7, 11) is 1.75. The molecule has 2 rings (SSSR count). The second-order valence-electron chi connectivity index (χ2n) is 5.19. The van der Waals surface area contributed by atoms with E-state index in [1.54, 1.807) is 7.05 Å². The van der Waals surface area contributed by atoms with Gasteiger partial charge < -0.3 is 16.0 Å². The highest BCUT2D eigenvalue weighted by Crippen LogP contribution is 2.30. The Labute approximate surface area is 119 Å². The molecule has 2 amide bonds. The maximum Gasteiger partial charge on any atom is 0.237 e. The number of rotatable bonds is 6. The highest BCUT2D eigenvalue weighted by atomic mass is 16.2. The number of benzene rings is 1. The zero-order chi connectivity index (χ0) is 14.5. The van der Waals surface area contributed by atoms with Crippen molar-refractivity contribution in [2.45, 2.75) is 32.4 Å². The lowest BCUT2D eigenvalue weighted by molar-refractivity contribution is -0.122. The van der Waals surface area contributed by atoms with E-state index < -0.39 is 0 Å². The van der Waals surface area contributed by atoms with Gasteiger partial charge >= 0.3 is 0 Å². The second kappa shape index (κ2) is 6.52. The molecule has 1 saturated carbocycles. The molecule has 1 atom stereocenters. The maximum atomic E-state index is 11.6. The van der Waals surface area contributed by atoms with E-state index in [0.29, 0.717) is 6.54 Å². The highest BCUT2D eigenvalue weighted by Gasteiger charge is 2.29. The summed E-state index contributed by atoms with van der Waals surface area (Å²) in [5.41, 5.74) is 1.81. The van der Waals surface area contributed by atoms with Crippen LogP contribution in [0.3, 0.4) is 0 Å². The van der Waals surface area contributed by atoms with Crippen molar-refractivity contribution < 1.29 is 9.59 Å². The van der Waals surface area contributed by atoms with Gasteiger partial charge in [0.15, 0.2) is 0 Å². The third kappa shape index (κ3) is 4.06. The van der Waals surface area contributed by atoms with Gasteiger partial charge in [-0.1, -0.05) is 12.1 Å². The molecule has 1 aromatic rings. The predicted octanol–water partition coefficient (Wildman–Crippen LogP) is 1.26. The maximum absolute atomic E-state index is 11.6. The van der Waals surface area contributed by atoms with Gasteiger partial charge in [-0.15, -0.1) is 0 Å². The minimum atomic E-state index is -0.202. The number of carbonyl (C=O) groups excluding carboxylic acids is 2. The van der Waals surface area contributed by atoms with Crippen LogP contribution in [0.5, 0.6) is 0 Å². The van der Waals surface area contributed by atoms with E-state index in [1.807, 2.05) is 31.2 Å². The average Bonchev–Trinajstić information content (AvgIpc) is 3.30. The molecule has 0 aliphatic heterocycles. The van der Waals surface area contributed by atoms with Crippen molar-refractivity contribution in [3.05, 3.63) is 29.8 Å². The Hall–Kier alpha value is -1.88. The Kier molecular flexibility index (Phi) is 4.74. The molecule has 0 heterocycles. The zero-order valence-corrected chi connectivity index (χ0v) is 11.9. The Balaban J connectivity index is 1.81. The SMILES string of the molecule is CNC(C)C(=O)NCc1ccc(NC(=O)C2CC2)cc1. The average molecular weight is 275 g/mol. The molecule has 1 unspecified atom stereocenters. The van der Waals surface area contributed by atoms with Gasteiger partial charge in [-0.3, -0.25) is 9.59 Å². The van der Waals surface area contributed by atoms with E-state index in [2.05, 4.69) is 16.0 Å². The molecule has 1 fully saturated rings. The number of amides is 2. The minimum absolute atomic E-state index is 0.0291. The van der Waals surface area contributed by atoms with E-state index in [9.17, 15) is 9.59 Å². The van der Waals surface area contributed by atoms with Crippen molar-refractivity contribution in [2.75, 3.05) is 12.4 Å². The molecule has 0 spiro atoms. The lowest BCUT2D eigenvalue weighted by Crippen LogP contribution is -2.39. The Morgan fingerprint density at radius 3 is 2.45 bits per heavy atom. The van der Waals surface area contributed by atoms with Crippen LogP contribution in [0.25, 0.3) is 0 Å². The monoisotopic (exact) mass is 275 g/mol. The Morgan fingerprint density at radius 1 is 1.25 bits per heavy atom. The summed E-state index contributed by atoms with van der Waals surface area (Å²) >= 11 is 0. The largest absolute Gasteiger partial charge is 0.351 e. The topological polar surface area (TPSA) is 70.2 Å². The van der Waals surface area contributed by atoms with E-state index >= 15 is 0 Å². The number of anilines is 1. The van der Waals surface area contributed by atoms with Gasteiger partial charge in [-0.25, -0.2) is 0 Å². The molecule has 20 heavy (non-hydrogen) atoms. The predicted molar refractivity (Wildman–Crippen MR) is 78.2 cm³/mol. The first-order valence-electron chi connectivity index (χ1n) is 6.95. The van der Waals surface area contributed by atoms with Crippen molar-refractivity contribution in [2.24, 2.45) is 5.92 Å². The summed E-state index contributed by atoms with van der Waals surface area (Å²) in [6, 6.07) is 7.35. The van der Waals surface area contributed by atoms with Crippen molar-refractivity contribution in [1.82, 2.24) is 10.6 Å². The van der Waals surface area contributed by atoms with Gasteiger partial charge in [0.2, 0.25) is 11.8 Å². The molecular weight excluding hydrogens is 254 g/mol. The van der Waals surface area contributed by atoms with Gasteiger partial charge in [0.25, 0.3) is 0 Å². The molecule has 0 aromatic heterocycles. The van der Waals surface area contributed by atoms with Crippen molar-refractivity contribution in [3.63, 3.8) is 0 Å². The molecule has 0 saturated heterocycles. The normalized spacial score (nSPS) is 15.5. The van der Waals surface area contributed by atoms with Crippen LogP contribution < -0.4 is 16.0 Å². The summed E-state index contributed by atoms with van der Waals surface area (Å²) in [4.78, 5) is 23.2. The van der Waals surface area contributed by atoms with Gasteiger partial charge in [-0.2, -0.15) is 0 Å². The third-order valence-electron chi connectivity index (χ3n) is 3.46. The van der Waals surface area contributed by atoms with E-state index in [0.717, 1.165) is 24.1 Å². The second-order valence-corrected chi connectivity index (χ2v) is 5.19. The Morgan fingerprint density at radius 2 is 1.90 bits per heavy atom. The van der Waals surface area contributed by atoms with Gasteiger partial charge in [0.05, 0.1) is 6.04 Å². The quantitative estimate of drug-likeness (QED) is 0.732. The summed E-state index contributed by atoms with van der Waals surface area (Å²) in [5, 5.41) is 8.62. The summed E-state index contributed by atoms with van der Waals surface area (Å²) < 4.78 is 0. The van der Waals surface area contributed by atoms with Crippen LogP contribution in [0.15, 0.2) is 24.3 Å². The fourth-order valence-electron chi connectivity index (χ4n) is 1.77. The first-order valence-corrected chi connectivity index (χ1v) is 6.95. The molecule has 108 valence electrons. The molecule has 1 aromatic carbocycles. The molecule has 1 aliphatic carbocycles. The number of nitrogens with one attached hydrogen (secondary N) is 3. The van der Waals surface area contributed by atoms with Gasteiger partial charge in [0, 0.05) is 18.2 Å². The fraction of sp³-hybridized carbons (Fsp3) is 0.467. The standard InChI is InChI=1S/C15H21N3O2/c1-10(16-2)14(19)17-9-11-3-7-13(8-4-11)18-15(20)12-5-6-12/h3-4,7-8,10,12,16H,5-6,9H2,1-2H3,(H,17,19)(H,18,20). The zero-order valence-electron chi connectivity index (χ0n) is 11.9. The van der Waals surface area contributed by atoms with Crippen LogP contribution in [0.4, 0.5) is 5.69 Å². The molecular formula is C15H21N3O2. The number of hydrogen-bond donors (Lipinski definition) is 3. The van der Waals surface area contributed by atoms with E-state index in [1.165, 1.54) is 0 Å². The highest BCUT2D eigenvalue weighted by molar-refractivity contribution is 5.94. The summed E-state index contributed by atoms with van der Waals surface area (Å²) in [6.45, 7) is 2.30.